The zero-order chi connectivity index (χ0) is 20.4. The summed E-state index contributed by atoms with van der Waals surface area (Å²) < 4.78 is 76.0. The van der Waals surface area contributed by atoms with E-state index < -0.39 is 27.7 Å². The molecule has 0 amide bonds. The van der Waals surface area contributed by atoms with Crippen molar-refractivity contribution < 1.29 is 26.0 Å². The van der Waals surface area contributed by atoms with Crippen LogP contribution in [0.1, 0.15) is 12.6 Å². The minimum Gasteiger partial charge on any atom is -0.233 e. The molecule has 0 bridgehead atoms. The van der Waals surface area contributed by atoms with Gasteiger partial charge in [0, 0.05) is 5.56 Å². The predicted molar refractivity (Wildman–Crippen MR) is 94.0 cm³/mol. The summed E-state index contributed by atoms with van der Waals surface area (Å²) in [5.74, 6) is -0.551. The Hall–Kier alpha value is -2.72. The smallest absolute Gasteiger partial charge is 0.233 e. The number of hydrogen-bond donors (Lipinski definition) is 1. The molecule has 144 valence electrons. The molecule has 0 atom stereocenters. The lowest BCUT2D eigenvalue weighted by molar-refractivity contribution is -0.141. The highest BCUT2D eigenvalue weighted by molar-refractivity contribution is 7.93. The molecule has 2 aromatic rings. The molecule has 0 aliphatic rings. The van der Waals surface area contributed by atoms with Crippen LogP contribution < -0.4 is 5.14 Å². The van der Waals surface area contributed by atoms with E-state index in [-0.39, 0.29) is 21.9 Å². The number of primary sulfonamides is 1. The van der Waals surface area contributed by atoms with Crippen molar-refractivity contribution in [1.29, 1.82) is 0 Å². The molecule has 0 radical (unpaired) electrons. The molecule has 0 aliphatic carbocycles. The van der Waals surface area contributed by atoms with Gasteiger partial charge in [0.25, 0.3) is 0 Å². The van der Waals surface area contributed by atoms with Crippen molar-refractivity contribution in [3.63, 3.8) is 0 Å². The van der Waals surface area contributed by atoms with Crippen LogP contribution in [0.2, 0.25) is 0 Å². The summed E-state index contributed by atoms with van der Waals surface area (Å²) in [6.07, 6.45) is -1.22. The summed E-state index contributed by atoms with van der Waals surface area (Å²) in [6.45, 7) is 5.06. The first-order valence-electron chi connectivity index (χ1n) is 7.43. The third-order valence-corrected chi connectivity index (χ3v) is 4.49. The second kappa shape index (κ2) is 7.49. The molecule has 10 heteroatoms. The largest absolute Gasteiger partial charge is 0.435 e. The van der Waals surface area contributed by atoms with Crippen molar-refractivity contribution in [1.82, 2.24) is 9.78 Å². The summed E-state index contributed by atoms with van der Waals surface area (Å²) >= 11 is 0. The fraction of sp³-hybridized carbons (Fsp3) is 0.118. The van der Waals surface area contributed by atoms with E-state index in [0.717, 1.165) is 29.0 Å². The molecule has 0 spiro atoms. The molecule has 0 saturated carbocycles. The molecule has 0 fully saturated rings. The van der Waals surface area contributed by atoms with Crippen molar-refractivity contribution in [2.24, 2.45) is 5.14 Å². The topological polar surface area (TPSA) is 78.0 Å². The van der Waals surface area contributed by atoms with Gasteiger partial charge in [0.2, 0.25) is 10.0 Å². The fourth-order valence-electron chi connectivity index (χ4n) is 2.17. The van der Waals surface area contributed by atoms with E-state index in [4.69, 9.17) is 5.14 Å². The molecule has 0 saturated heterocycles. The Morgan fingerprint density at radius 3 is 2.30 bits per heavy atom. The molecule has 0 aliphatic heterocycles. The number of nitrogens with zero attached hydrogens (tertiary/aromatic N) is 2. The van der Waals surface area contributed by atoms with Crippen molar-refractivity contribution in [3.8, 4) is 11.3 Å². The standard InChI is InChI=1S/C17H15F4N3O2S/c1-3-14(27(22,25)26)9-4-11(2)24-15(10-16(23-24)17(19,20)21)12-5-7-13(18)8-6-12/h3-10H,2H2,1H3,(H2,22,25,26)/b9-4-,14-3+. The first-order chi connectivity index (χ1) is 12.4. The van der Waals surface area contributed by atoms with E-state index in [9.17, 15) is 26.0 Å². The van der Waals surface area contributed by atoms with Crippen molar-refractivity contribution in [2.45, 2.75) is 13.1 Å². The number of aromatic nitrogens is 2. The van der Waals surface area contributed by atoms with Gasteiger partial charge in [0.05, 0.1) is 16.3 Å². The lowest BCUT2D eigenvalue weighted by Gasteiger charge is -2.08. The van der Waals surface area contributed by atoms with Crippen LogP contribution in [0.15, 0.2) is 60.0 Å². The minimum atomic E-state index is -4.71. The number of benzene rings is 1. The highest BCUT2D eigenvalue weighted by Crippen LogP contribution is 2.33. The normalized spacial score (nSPS) is 13.3. The van der Waals surface area contributed by atoms with Crippen LogP contribution in [-0.2, 0) is 16.2 Å². The number of nitrogens with two attached hydrogens (primary N) is 1. The SMILES string of the molecule is C=C(/C=C\C(=C/C)S(N)(=O)=O)n1nc(C(F)(F)F)cc1-c1ccc(F)cc1. The van der Waals surface area contributed by atoms with Gasteiger partial charge in [-0.15, -0.1) is 0 Å². The monoisotopic (exact) mass is 401 g/mol. The molecular weight excluding hydrogens is 386 g/mol. The van der Waals surface area contributed by atoms with E-state index in [0.29, 0.717) is 0 Å². The average Bonchev–Trinajstić information content (AvgIpc) is 3.00. The van der Waals surface area contributed by atoms with Gasteiger partial charge < -0.3 is 0 Å². The average molecular weight is 401 g/mol. The Balaban J connectivity index is 2.53. The van der Waals surface area contributed by atoms with E-state index in [1.54, 1.807) is 0 Å². The van der Waals surface area contributed by atoms with Crippen LogP contribution in [0.3, 0.4) is 0 Å². The number of halogens is 4. The third kappa shape index (κ3) is 4.92. The Kier molecular flexibility index (Phi) is 5.71. The maximum absolute atomic E-state index is 13.1. The second-order valence-electron chi connectivity index (χ2n) is 5.39. The fourth-order valence-corrected chi connectivity index (χ4v) is 2.76. The summed E-state index contributed by atoms with van der Waals surface area (Å²) in [4.78, 5) is -0.241. The maximum Gasteiger partial charge on any atom is 0.435 e. The Bertz CT molecular complexity index is 1020. The summed E-state index contributed by atoms with van der Waals surface area (Å²) in [7, 11) is -4.00. The van der Waals surface area contributed by atoms with Crippen LogP contribution in [0, 0.1) is 5.82 Å². The molecule has 1 aromatic carbocycles. The van der Waals surface area contributed by atoms with Crippen LogP contribution in [0.5, 0.6) is 0 Å². The second-order valence-corrected chi connectivity index (χ2v) is 6.95. The number of rotatable bonds is 5. The molecule has 2 rings (SSSR count). The quantitative estimate of drug-likeness (QED) is 0.609. The third-order valence-electron chi connectivity index (χ3n) is 3.46. The molecule has 1 heterocycles. The van der Waals surface area contributed by atoms with Gasteiger partial charge in [0.15, 0.2) is 5.69 Å². The lowest BCUT2D eigenvalue weighted by atomic mass is 10.1. The van der Waals surface area contributed by atoms with E-state index >= 15 is 0 Å². The molecule has 27 heavy (non-hydrogen) atoms. The predicted octanol–water partition coefficient (Wildman–Crippen LogP) is 3.93. The van der Waals surface area contributed by atoms with Gasteiger partial charge >= 0.3 is 6.18 Å². The van der Waals surface area contributed by atoms with Crippen LogP contribution in [-0.4, -0.2) is 18.2 Å². The van der Waals surface area contributed by atoms with Crippen LogP contribution in [0.4, 0.5) is 17.6 Å². The molecule has 2 N–H and O–H groups in total. The van der Waals surface area contributed by atoms with Crippen LogP contribution >= 0.6 is 0 Å². The number of alkyl halides is 3. The molecule has 0 unspecified atom stereocenters. The van der Waals surface area contributed by atoms with E-state index in [1.807, 2.05) is 0 Å². The van der Waals surface area contributed by atoms with Crippen molar-refractivity contribution in [2.75, 3.05) is 0 Å². The number of sulfonamides is 1. The summed E-state index contributed by atoms with van der Waals surface area (Å²) in [5.41, 5.74) is -0.942. The Labute approximate surface area is 153 Å². The van der Waals surface area contributed by atoms with Gasteiger partial charge in [-0.05, 0) is 49.4 Å². The Morgan fingerprint density at radius 2 is 1.81 bits per heavy atom. The van der Waals surface area contributed by atoms with E-state index in [1.165, 1.54) is 31.2 Å². The highest BCUT2D eigenvalue weighted by atomic mass is 32.2. The van der Waals surface area contributed by atoms with E-state index in [2.05, 4.69) is 11.7 Å². The molecule has 1 aromatic heterocycles. The van der Waals surface area contributed by atoms with Crippen molar-refractivity contribution >= 4 is 15.7 Å². The first-order valence-corrected chi connectivity index (χ1v) is 8.98. The zero-order valence-corrected chi connectivity index (χ0v) is 14.9. The number of hydrogen-bond acceptors (Lipinski definition) is 3. The van der Waals surface area contributed by atoms with Gasteiger partial charge in [-0.1, -0.05) is 12.7 Å². The van der Waals surface area contributed by atoms with Gasteiger partial charge in [-0.3, -0.25) is 0 Å². The number of allylic oxidation sites excluding steroid dienone is 4. The lowest BCUT2D eigenvalue weighted by Crippen LogP contribution is -2.13. The highest BCUT2D eigenvalue weighted by Gasteiger charge is 2.35. The van der Waals surface area contributed by atoms with Gasteiger partial charge in [-0.2, -0.15) is 18.3 Å². The minimum absolute atomic E-state index is 0.00890. The molecule has 5 nitrogen and oxygen atoms in total. The van der Waals surface area contributed by atoms with Gasteiger partial charge in [-0.25, -0.2) is 22.6 Å². The van der Waals surface area contributed by atoms with Crippen LogP contribution in [0.25, 0.3) is 17.0 Å². The van der Waals surface area contributed by atoms with Gasteiger partial charge in [0.1, 0.15) is 5.82 Å². The summed E-state index contributed by atoms with van der Waals surface area (Å²) in [5, 5.41) is 8.52. The maximum atomic E-state index is 13.1. The first kappa shape index (κ1) is 20.6. The molecular formula is C17H15F4N3O2S. The summed E-state index contributed by atoms with van der Waals surface area (Å²) in [6, 6.07) is 5.57. The zero-order valence-electron chi connectivity index (χ0n) is 14.0. The Morgan fingerprint density at radius 1 is 1.22 bits per heavy atom. The van der Waals surface area contributed by atoms with Crippen molar-refractivity contribution in [3.05, 3.63) is 71.6 Å².